The van der Waals surface area contributed by atoms with Crippen molar-refractivity contribution in [3.63, 3.8) is 0 Å². The molecule has 0 spiro atoms. The predicted molar refractivity (Wildman–Crippen MR) is 128 cm³/mol. The standard InChI is InChI=1S/C25H26N6O2/c1-5-33-21-13-11-19(12-14-21)16(2)26-29-25(32)23-15-22(27-28-23)24-17(3)30-31(18(24)4)20-9-7-6-8-10-20/h6-15H,5H2,1-4H3,(H,27,28)(H,29,32). The van der Waals surface area contributed by atoms with Gasteiger partial charge in [0.1, 0.15) is 11.4 Å². The largest absolute Gasteiger partial charge is 0.494 e. The average molecular weight is 443 g/mol. The van der Waals surface area contributed by atoms with E-state index in [-0.39, 0.29) is 5.91 Å². The highest BCUT2D eigenvalue weighted by molar-refractivity contribution is 6.00. The average Bonchev–Trinajstić information content (AvgIpc) is 3.42. The van der Waals surface area contributed by atoms with Crippen LogP contribution in [0.15, 0.2) is 65.8 Å². The number of aryl methyl sites for hydroxylation is 1. The van der Waals surface area contributed by atoms with Crippen LogP contribution in [-0.2, 0) is 0 Å². The van der Waals surface area contributed by atoms with Crippen LogP contribution in [0.1, 0.15) is 41.3 Å². The summed E-state index contributed by atoms with van der Waals surface area (Å²) in [5.74, 6) is 0.425. The summed E-state index contributed by atoms with van der Waals surface area (Å²) in [5, 5.41) is 16.0. The van der Waals surface area contributed by atoms with E-state index in [1.807, 2.05) is 87.0 Å². The summed E-state index contributed by atoms with van der Waals surface area (Å²) in [6.45, 7) is 8.30. The van der Waals surface area contributed by atoms with E-state index in [1.165, 1.54) is 0 Å². The number of carbonyl (C=O) groups excluding carboxylic acids is 1. The van der Waals surface area contributed by atoms with Crippen molar-refractivity contribution in [2.45, 2.75) is 27.7 Å². The van der Waals surface area contributed by atoms with Gasteiger partial charge in [-0.05, 0) is 75.7 Å². The number of nitrogens with zero attached hydrogens (tertiary/aromatic N) is 4. The molecule has 0 aliphatic carbocycles. The number of aromatic nitrogens is 4. The molecule has 2 aromatic carbocycles. The molecule has 0 fully saturated rings. The number of para-hydroxylation sites is 1. The van der Waals surface area contributed by atoms with Crippen molar-refractivity contribution in [1.82, 2.24) is 25.4 Å². The third-order valence-electron chi connectivity index (χ3n) is 5.28. The molecule has 1 amide bonds. The minimum absolute atomic E-state index is 0.319. The number of ether oxygens (including phenoxy) is 1. The minimum atomic E-state index is -0.371. The Hall–Kier alpha value is -4.20. The van der Waals surface area contributed by atoms with Crippen LogP contribution in [-0.4, -0.2) is 38.2 Å². The van der Waals surface area contributed by atoms with Gasteiger partial charge in [-0.15, -0.1) is 0 Å². The quantitative estimate of drug-likeness (QED) is 0.327. The highest BCUT2D eigenvalue weighted by Crippen LogP contribution is 2.27. The summed E-state index contributed by atoms with van der Waals surface area (Å²) in [7, 11) is 0. The first-order valence-electron chi connectivity index (χ1n) is 10.7. The van der Waals surface area contributed by atoms with Gasteiger partial charge in [0.05, 0.1) is 35.1 Å². The summed E-state index contributed by atoms with van der Waals surface area (Å²) in [6, 6.07) is 19.2. The van der Waals surface area contributed by atoms with Crippen molar-refractivity contribution >= 4 is 11.6 Å². The molecule has 2 N–H and O–H groups in total. The zero-order valence-corrected chi connectivity index (χ0v) is 19.1. The zero-order chi connectivity index (χ0) is 23.4. The Labute approximate surface area is 192 Å². The van der Waals surface area contributed by atoms with Gasteiger partial charge in [0, 0.05) is 5.56 Å². The summed E-state index contributed by atoms with van der Waals surface area (Å²) in [4.78, 5) is 12.6. The molecule has 0 radical (unpaired) electrons. The van der Waals surface area contributed by atoms with Crippen molar-refractivity contribution in [2.24, 2.45) is 5.10 Å². The van der Waals surface area contributed by atoms with Gasteiger partial charge < -0.3 is 4.74 Å². The summed E-state index contributed by atoms with van der Waals surface area (Å²) >= 11 is 0. The molecule has 0 saturated carbocycles. The van der Waals surface area contributed by atoms with Gasteiger partial charge in [0.15, 0.2) is 0 Å². The second kappa shape index (κ2) is 9.52. The number of nitrogens with one attached hydrogen (secondary N) is 2. The van der Waals surface area contributed by atoms with Crippen LogP contribution in [0.3, 0.4) is 0 Å². The highest BCUT2D eigenvalue weighted by Gasteiger charge is 2.19. The maximum atomic E-state index is 12.6. The Kier molecular flexibility index (Phi) is 6.35. The number of carbonyl (C=O) groups is 1. The lowest BCUT2D eigenvalue weighted by Crippen LogP contribution is -2.19. The number of H-pyrrole nitrogens is 1. The van der Waals surface area contributed by atoms with Crippen molar-refractivity contribution < 1.29 is 9.53 Å². The zero-order valence-electron chi connectivity index (χ0n) is 19.1. The molecule has 0 bridgehead atoms. The van der Waals surface area contributed by atoms with Crippen molar-refractivity contribution in [3.05, 3.63) is 83.3 Å². The van der Waals surface area contributed by atoms with Crippen LogP contribution >= 0.6 is 0 Å². The van der Waals surface area contributed by atoms with Crippen LogP contribution in [0.5, 0.6) is 5.75 Å². The van der Waals surface area contributed by atoms with Gasteiger partial charge >= 0.3 is 0 Å². The molecule has 4 rings (SSSR count). The second-order valence-corrected chi connectivity index (χ2v) is 7.56. The minimum Gasteiger partial charge on any atom is -0.494 e. The van der Waals surface area contributed by atoms with Gasteiger partial charge in [-0.3, -0.25) is 9.89 Å². The Balaban J connectivity index is 1.50. The molecule has 0 atom stereocenters. The van der Waals surface area contributed by atoms with E-state index in [1.54, 1.807) is 6.07 Å². The smallest absolute Gasteiger partial charge is 0.289 e. The first-order valence-corrected chi connectivity index (χ1v) is 10.7. The van der Waals surface area contributed by atoms with Crippen LogP contribution in [0, 0.1) is 13.8 Å². The first-order chi connectivity index (χ1) is 16.0. The Morgan fingerprint density at radius 1 is 1.12 bits per heavy atom. The number of rotatable bonds is 7. The number of aromatic amines is 1. The highest BCUT2D eigenvalue weighted by atomic mass is 16.5. The van der Waals surface area contributed by atoms with Crippen molar-refractivity contribution in [2.75, 3.05) is 6.61 Å². The van der Waals surface area contributed by atoms with Gasteiger partial charge in [0.25, 0.3) is 5.91 Å². The molecule has 8 heteroatoms. The van der Waals surface area contributed by atoms with E-state index in [0.29, 0.717) is 23.7 Å². The first kappa shape index (κ1) is 22.0. The third kappa shape index (κ3) is 4.69. The number of hydrogen-bond donors (Lipinski definition) is 2. The third-order valence-corrected chi connectivity index (χ3v) is 5.28. The van der Waals surface area contributed by atoms with E-state index >= 15 is 0 Å². The summed E-state index contributed by atoms with van der Waals surface area (Å²) in [6.07, 6.45) is 0. The topological polar surface area (TPSA) is 97.2 Å². The lowest BCUT2D eigenvalue weighted by atomic mass is 10.1. The summed E-state index contributed by atoms with van der Waals surface area (Å²) in [5.41, 5.74) is 8.78. The molecular formula is C25H26N6O2. The number of benzene rings is 2. The van der Waals surface area contributed by atoms with Gasteiger partial charge in [-0.25, -0.2) is 10.1 Å². The molecule has 0 unspecified atom stereocenters. The number of hydrogen-bond acceptors (Lipinski definition) is 5. The molecule has 0 aliphatic heterocycles. The monoisotopic (exact) mass is 442 g/mol. The fourth-order valence-corrected chi connectivity index (χ4v) is 3.62. The lowest BCUT2D eigenvalue weighted by molar-refractivity contribution is 0.0950. The number of amides is 1. The molecule has 8 nitrogen and oxygen atoms in total. The molecule has 0 saturated heterocycles. The number of hydrazone groups is 1. The van der Waals surface area contributed by atoms with Crippen LogP contribution in [0.4, 0.5) is 0 Å². The van der Waals surface area contributed by atoms with Crippen LogP contribution in [0.25, 0.3) is 16.9 Å². The lowest BCUT2D eigenvalue weighted by Gasteiger charge is -2.05. The van der Waals surface area contributed by atoms with E-state index in [0.717, 1.165) is 34.0 Å². The van der Waals surface area contributed by atoms with Crippen molar-refractivity contribution in [3.8, 4) is 22.7 Å². The van der Waals surface area contributed by atoms with Gasteiger partial charge in [-0.2, -0.15) is 15.3 Å². The molecular weight excluding hydrogens is 416 g/mol. The second-order valence-electron chi connectivity index (χ2n) is 7.56. The Morgan fingerprint density at radius 2 is 1.85 bits per heavy atom. The maximum Gasteiger partial charge on any atom is 0.289 e. The molecule has 168 valence electrons. The van der Waals surface area contributed by atoms with Crippen LogP contribution < -0.4 is 10.2 Å². The van der Waals surface area contributed by atoms with Gasteiger partial charge in [0.2, 0.25) is 0 Å². The molecule has 0 aliphatic rings. The molecule has 33 heavy (non-hydrogen) atoms. The predicted octanol–water partition coefficient (Wildman–Crippen LogP) is 4.43. The fourth-order valence-electron chi connectivity index (χ4n) is 3.62. The maximum absolute atomic E-state index is 12.6. The van der Waals surface area contributed by atoms with Crippen molar-refractivity contribution in [1.29, 1.82) is 0 Å². The Bertz CT molecular complexity index is 1290. The fraction of sp³-hybridized carbons (Fsp3) is 0.200. The van der Waals surface area contributed by atoms with E-state index in [9.17, 15) is 4.79 Å². The Morgan fingerprint density at radius 3 is 2.55 bits per heavy atom. The molecule has 2 heterocycles. The normalized spacial score (nSPS) is 11.5. The SMILES string of the molecule is CCOc1ccc(C(C)=NNC(=O)c2cc(-c3c(C)nn(-c4ccccc4)c3C)n[nH]2)cc1. The van der Waals surface area contributed by atoms with E-state index in [2.05, 4.69) is 25.8 Å². The van der Waals surface area contributed by atoms with Gasteiger partial charge in [-0.1, -0.05) is 18.2 Å². The van der Waals surface area contributed by atoms with Crippen LogP contribution in [0.2, 0.25) is 0 Å². The van der Waals surface area contributed by atoms with E-state index < -0.39 is 0 Å². The molecule has 2 aromatic heterocycles. The summed E-state index contributed by atoms with van der Waals surface area (Å²) < 4.78 is 7.33. The van der Waals surface area contributed by atoms with E-state index in [4.69, 9.17) is 4.74 Å². The molecule has 4 aromatic rings.